The molecule has 1 unspecified atom stereocenters. The summed E-state index contributed by atoms with van der Waals surface area (Å²) in [5.41, 5.74) is 5.35. The van der Waals surface area contributed by atoms with E-state index in [9.17, 15) is 9.59 Å². The molecule has 17 heavy (non-hydrogen) atoms. The van der Waals surface area contributed by atoms with Gasteiger partial charge in [-0.05, 0) is 6.92 Å². The third-order valence-corrected chi connectivity index (χ3v) is 2.16. The predicted molar refractivity (Wildman–Crippen MR) is 64.6 cm³/mol. The minimum absolute atomic E-state index is 0.0516. The van der Waals surface area contributed by atoms with E-state index in [-0.39, 0.29) is 29.6 Å². The van der Waals surface area contributed by atoms with Crippen LogP contribution in [-0.4, -0.2) is 30.2 Å². The number of nitrogens with two attached hydrogens (primary N) is 1. The van der Waals surface area contributed by atoms with Gasteiger partial charge in [-0.2, -0.15) is 0 Å². The number of rotatable bonds is 5. The molecule has 0 spiro atoms. The predicted octanol–water partition coefficient (Wildman–Crippen LogP) is -0.418. The van der Waals surface area contributed by atoms with E-state index >= 15 is 0 Å². The molecule has 3 N–H and O–H groups in total. The third-order valence-electron chi connectivity index (χ3n) is 2.16. The lowest BCUT2D eigenvalue weighted by molar-refractivity contribution is -0.122. The van der Waals surface area contributed by atoms with Crippen molar-refractivity contribution in [2.75, 3.05) is 19.5 Å². The van der Waals surface area contributed by atoms with E-state index in [1.165, 1.54) is 18.5 Å². The molecule has 0 aromatic carbocycles. The van der Waals surface area contributed by atoms with Gasteiger partial charge in [0.2, 0.25) is 11.3 Å². The fourth-order valence-corrected chi connectivity index (χ4v) is 1.42. The first-order chi connectivity index (χ1) is 8.02. The van der Waals surface area contributed by atoms with E-state index in [2.05, 4.69) is 5.32 Å². The Balaban J connectivity index is 2.56. The lowest BCUT2D eigenvalue weighted by atomic mass is 10.3. The Hall–Kier alpha value is -1.82. The van der Waals surface area contributed by atoms with Crippen LogP contribution in [-0.2, 0) is 16.1 Å². The van der Waals surface area contributed by atoms with Gasteiger partial charge in [-0.25, -0.2) is 0 Å². The minimum Gasteiger partial charge on any atom is -0.394 e. The number of carbonyl (C=O) groups is 1. The highest BCUT2D eigenvalue weighted by atomic mass is 16.5. The average Bonchev–Trinajstić information content (AvgIpc) is 2.23. The van der Waals surface area contributed by atoms with Crippen molar-refractivity contribution in [3.8, 4) is 0 Å². The highest BCUT2D eigenvalue weighted by Gasteiger charge is 2.07. The maximum Gasteiger partial charge on any atom is 0.240 e. The number of pyridine rings is 1. The van der Waals surface area contributed by atoms with Gasteiger partial charge in [0, 0.05) is 31.6 Å². The van der Waals surface area contributed by atoms with Crippen LogP contribution in [0.2, 0.25) is 0 Å². The number of hydrogen-bond acceptors (Lipinski definition) is 4. The summed E-state index contributed by atoms with van der Waals surface area (Å²) in [6.45, 7) is 2.43. The Kier molecular flexibility index (Phi) is 4.71. The number of methoxy groups -OCH3 is 1. The molecule has 0 saturated carbocycles. The maximum absolute atomic E-state index is 11.6. The van der Waals surface area contributed by atoms with Crippen LogP contribution in [0.15, 0.2) is 23.3 Å². The SMILES string of the molecule is COCC(C)NC(=O)Cn1ccc(=O)c(N)c1. The number of carbonyl (C=O) groups excluding carboxylic acids is 1. The number of ether oxygens (including phenoxy) is 1. The van der Waals surface area contributed by atoms with Gasteiger partial charge in [-0.15, -0.1) is 0 Å². The molecule has 0 fully saturated rings. The Morgan fingerprint density at radius 3 is 2.94 bits per heavy atom. The quantitative estimate of drug-likeness (QED) is 0.730. The molecule has 0 aliphatic rings. The van der Waals surface area contributed by atoms with Crippen LogP contribution in [0.3, 0.4) is 0 Å². The van der Waals surface area contributed by atoms with E-state index < -0.39 is 0 Å². The lowest BCUT2D eigenvalue weighted by Gasteiger charge is -2.13. The fourth-order valence-electron chi connectivity index (χ4n) is 1.42. The summed E-state index contributed by atoms with van der Waals surface area (Å²) in [4.78, 5) is 22.7. The maximum atomic E-state index is 11.6. The van der Waals surface area contributed by atoms with Crippen LogP contribution in [0.4, 0.5) is 5.69 Å². The second-order valence-electron chi connectivity index (χ2n) is 3.86. The first-order valence-electron chi connectivity index (χ1n) is 5.26. The summed E-state index contributed by atoms with van der Waals surface area (Å²) in [7, 11) is 1.57. The smallest absolute Gasteiger partial charge is 0.240 e. The molecule has 1 amide bonds. The van der Waals surface area contributed by atoms with E-state index in [0.717, 1.165) is 0 Å². The van der Waals surface area contributed by atoms with E-state index in [1.54, 1.807) is 11.7 Å². The van der Waals surface area contributed by atoms with Gasteiger partial charge < -0.3 is 20.4 Å². The topological polar surface area (TPSA) is 86.3 Å². The van der Waals surface area contributed by atoms with Crippen molar-refractivity contribution in [2.24, 2.45) is 0 Å². The molecule has 1 aromatic heterocycles. The summed E-state index contributed by atoms with van der Waals surface area (Å²) in [5.74, 6) is -0.155. The Morgan fingerprint density at radius 1 is 1.65 bits per heavy atom. The van der Waals surface area contributed by atoms with Gasteiger partial charge in [0.15, 0.2) is 0 Å². The second-order valence-corrected chi connectivity index (χ2v) is 3.86. The first-order valence-corrected chi connectivity index (χ1v) is 5.26. The van der Waals surface area contributed by atoms with Gasteiger partial charge in [0.25, 0.3) is 0 Å². The van der Waals surface area contributed by atoms with Gasteiger partial charge in [-0.3, -0.25) is 9.59 Å². The zero-order valence-electron chi connectivity index (χ0n) is 9.97. The molecule has 6 heteroatoms. The van der Waals surface area contributed by atoms with Crippen molar-refractivity contribution >= 4 is 11.6 Å². The van der Waals surface area contributed by atoms with E-state index in [1.807, 2.05) is 6.92 Å². The molecule has 1 heterocycles. The van der Waals surface area contributed by atoms with Crippen LogP contribution in [0, 0.1) is 0 Å². The summed E-state index contributed by atoms with van der Waals surface area (Å²) in [5, 5.41) is 2.76. The number of hydrogen-bond donors (Lipinski definition) is 2. The zero-order chi connectivity index (χ0) is 12.8. The van der Waals surface area contributed by atoms with Crippen molar-refractivity contribution in [1.29, 1.82) is 0 Å². The minimum atomic E-state index is -0.241. The van der Waals surface area contributed by atoms with Crippen molar-refractivity contribution in [3.63, 3.8) is 0 Å². The fraction of sp³-hybridized carbons (Fsp3) is 0.455. The number of nitrogens with zero attached hydrogens (tertiary/aromatic N) is 1. The summed E-state index contributed by atoms with van der Waals surface area (Å²) in [6, 6.07) is 1.28. The van der Waals surface area contributed by atoms with Crippen LogP contribution in [0.1, 0.15) is 6.92 Å². The van der Waals surface area contributed by atoms with Crippen LogP contribution in [0.25, 0.3) is 0 Å². The molecule has 0 bridgehead atoms. The van der Waals surface area contributed by atoms with Crippen molar-refractivity contribution in [1.82, 2.24) is 9.88 Å². The molecule has 0 saturated heterocycles. The summed E-state index contributed by atoms with van der Waals surface area (Å²) >= 11 is 0. The van der Waals surface area contributed by atoms with Gasteiger partial charge in [0.05, 0.1) is 12.3 Å². The molecular weight excluding hydrogens is 222 g/mol. The van der Waals surface area contributed by atoms with Gasteiger partial charge >= 0.3 is 0 Å². The molecule has 1 atom stereocenters. The van der Waals surface area contributed by atoms with Crippen molar-refractivity contribution < 1.29 is 9.53 Å². The van der Waals surface area contributed by atoms with E-state index in [0.29, 0.717) is 6.61 Å². The molecule has 1 aromatic rings. The molecule has 0 aliphatic carbocycles. The zero-order valence-corrected chi connectivity index (χ0v) is 9.97. The number of aromatic nitrogens is 1. The second kappa shape index (κ2) is 6.05. The van der Waals surface area contributed by atoms with E-state index in [4.69, 9.17) is 10.5 Å². The Bertz CT molecular complexity index is 442. The lowest BCUT2D eigenvalue weighted by Crippen LogP contribution is -2.37. The average molecular weight is 239 g/mol. The van der Waals surface area contributed by atoms with Crippen molar-refractivity contribution in [3.05, 3.63) is 28.7 Å². The molecule has 94 valence electrons. The standard InChI is InChI=1S/C11H17N3O3/c1-8(7-17-2)13-11(16)6-14-4-3-10(15)9(12)5-14/h3-5,8H,6-7,12H2,1-2H3,(H,13,16). The number of anilines is 1. The molecule has 0 aliphatic heterocycles. The van der Waals surface area contributed by atoms with Gasteiger partial charge in [-0.1, -0.05) is 0 Å². The Labute approximate surface area is 99.4 Å². The third kappa shape index (κ3) is 4.28. The molecule has 1 rings (SSSR count). The van der Waals surface area contributed by atoms with Crippen LogP contribution >= 0.6 is 0 Å². The highest BCUT2D eigenvalue weighted by molar-refractivity contribution is 5.76. The first kappa shape index (κ1) is 13.2. The molecule has 0 radical (unpaired) electrons. The van der Waals surface area contributed by atoms with Gasteiger partial charge in [0.1, 0.15) is 6.54 Å². The number of nitrogen functional groups attached to an aromatic ring is 1. The normalized spacial score (nSPS) is 12.1. The van der Waals surface area contributed by atoms with Crippen LogP contribution in [0.5, 0.6) is 0 Å². The van der Waals surface area contributed by atoms with Crippen LogP contribution < -0.4 is 16.5 Å². The molecular formula is C11H17N3O3. The number of nitrogens with one attached hydrogen (secondary N) is 1. The largest absolute Gasteiger partial charge is 0.394 e. The molecule has 6 nitrogen and oxygen atoms in total. The summed E-state index contributed by atoms with van der Waals surface area (Å²) < 4.78 is 6.47. The monoisotopic (exact) mass is 239 g/mol. The van der Waals surface area contributed by atoms with Crippen molar-refractivity contribution in [2.45, 2.75) is 19.5 Å². The summed E-state index contributed by atoms with van der Waals surface area (Å²) in [6.07, 6.45) is 2.97. The Morgan fingerprint density at radius 2 is 2.35 bits per heavy atom. The highest BCUT2D eigenvalue weighted by Crippen LogP contribution is 1.93. The number of amides is 1.